The second kappa shape index (κ2) is 7.33. The smallest absolute Gasteiger partial charge is 0.124 e. The topological polar surface area (TPSA) is 43.8 Å². The van der Waals surface area contributed by atoms with E-state index in [-0.39, 0.29) is 0 Å². The number of aryl methyl sites for hydroxylation is 1. The molecule has 0 atom stereocenters. The van der Waals surface area contributed by atoms with Crippen LogP contribution >= 0.6 is 0 Å². The van der Waals surface area contributed by atoms with Gasteiger partial charge in [0.1, 0.15) is 5.82 Å². The van der Waals surface area contributed by atoms with E-state index in [0.29, 0.717) is 11.8 Å². The zero-order valence-corrected chi connectivity index (χ0v) is 14.4. The van der Waals surface area contributed by atoms with Gasteiger partial charge in [-0.05, 0) is 43.9 Å². The minimum atomic E-state index is 0.635. The highest BCUT2D eigenvalue weighted by molar-refractivity contribution is 5.45. The molecule has 0 bridgehead atoms. The van der Waals surface area contributed by atoms with Crippen molar-refractivity contribution in [2.24, 2.45) is 18.9 Å². The van der Waals surface area contributed by atoms with Crippen LogP contribution in [0.25, 0.3) is 0 Å². The lowest BCUT2D eigenvalue weighted by atomic mass is 9.77. The molecule has 1 aliphatic carbocycles. The maximum absolute atomic E-state index is 6.25. The quantitative estimate of drug-likeness (QED) is 0.828. The van der Waals surface area contributed by atoms with Crippen LogP contribution in [0.15, 0.2) is 0 Å². The molecule has 120 valence electrons. The van der Waals surface area contributed by atoms with Crippen LogP contribution in [0.4, 0.5) is 5.82 Å². The van der Waals surface area contributed by atoms with Gasteiger partial charge in [-0.2, -0.15) is 5.10 Å². The number of rotatable bonds is 6. The van der Waals surface area contributed by atoms with Gasteiger partial charge in [-0.3, -0.25) is 4.68 Å². The molecule has 3 nitrogen and oxygen atoms in total. The average Bonchev–Trinajstić information content (AvgIpc) is 2.73. The SMILES string of the molecule is CCCCC1CCC(c2nn(C)c(N)c2CC(C)C)CC1. The summed E-state index contributed by atoms with van der Waals surface area (Å²) in [5.74, 6) is 3.11. The van der Waals surface area contributed by atoms with Gasteiger partial charge in [-0.15, -0.1) is 0 Å². The second-order valence-electron chi connectivity index (χ2n) is 7.33. The molecule has 1 aliphatic rings. The van der Waals surface area contributed by atoms with Crippen LogP contribution in [0, 0.1) is 11.8 Å². The molecule has 0 aromatic carbocycles. The molecule has 1 aromatic rings. The fourth-order valence-corrected chi connectivity index (χ4v) is 3.77. The number of nitrogens with two attached hydrogens (primary N) is 1. The minimum Gasteiger partial charge on any atom is -0.384 e. The van der Waals surface area contributed by atoms with Crippen molar-refractivity contribution in [1.82, 2.24) is 9.78 Å². The van der Waals surface area contributed by atoms with Gasteiger partial charge in [0.15, 0.2) is 0 Å². The van der Waals surface area contributed by atoms with Crippen LogP contribution < -0.4 is 5.73 Å². The van der Waals surface area contributed by atoms with E-state index in [1.807, 2.05) is 11.7 Å². The van der Waals surface area contributed by atoms with E-state index >= 15 is 0 Å². The molecular weight excluding hydrogens is 258 g/mol. The monoisotopic (exact) mass is 291 g/mol. The Morgan fingerprint density at radius 2 is 1.90 bits per heavy atom. The Hall–Kier alpha value is -0.990. The van der Waals surface area contributed by atoms with Crippen molar-refractivity contribution in [3.05, 3.63) is 11.3 Å². The predicted molar refractivity (Wildman–Crippen MR) is 90.4 cm³/mol. The molecule has 0 radical (unpaired) electrons. The maximum atomic E-state index is 6.25. The molecule has 1 fully saturated rings. The second-order valence-corrected chi connectivity index (χ2v) is 7.33. The first-order chi connectivity index (χ1) is 10.0. The lowest BCUT2D eigenvalue weighted by Gasteiger charge is -2.28. The summed E-state index contributed by atoms with van der Waals surface area (Å²) in [6.45, 7) is 6.82. The summed E-state index contributed by atoms with van der Waals surface area (Å²) in [5, 5.41) is 4.77. The fraction of sp³-hybridized carbons (Fsp3) is 0.833. The van der Waals surface area contributed by atoms with E-state index in [2.05, 4.69) is 20.8 Å². The number of unbranched alkanes of at least 4 members (excludes halogenated alkanes) is 1. The van der Waals surface area contributed by atoms with Crippen molar-refractivity contribution in [3.63, 3.8) is 0 Å². The maximum Gasteiger partial charge on any atom is 0.124 e. The van der Waals surface area contributed by atoms with Crippen molar-refractivity contribution in [2.75, 3.05) is 5.73 Å². The van der Waals surface area contributed by atoms with E-state index in [1.54, 1.807) is 0 Å². The van der Waals surface area contributed by atoms with Crippen LogP contribution in [-0.4, -0.2) is 9.78 Å². The Morgan fingerprint density at radius 1 is 1.24 bits per heavy atom. The van der Waals surface area contributed by atoms with Crippen LogP contribution in [-0.2, 0) is 13.5 Å². The lowest BCUT2D eigenvalue weighted by Crippen LogP contribution is -2.15. The number of nitrogen functional groups attached to an aromatic ring is 1. The zero-order chi connectivity index (χ0) is 15.4. The van der Waals surface area contributed by atoms with Crippen molar-refractivity contribution < 1.29 is 0 Å². The van der Waals surface area contributed by atoms with Gasteiger partial charge in [0.05, 0.1) is 5.69 Å². The number of hydrogen-bond acceptors (Lipinski definition) is 2. The highest BCUT2D eigenvalue weighted by Gasteiger charge is 2.27. The van der Waals surface area contributed by atoms with Gasteiger partial charge in [0, 0.05) is 18.5 Å². The van der Waals surface area contributed by atoms with E-state index in [4.69, 9.17) is 10.8 Å². The molecule has 0 aliphatic heterocycles. The van der Waals surface area contributed by atoms with Crippen LogP contribution in [0.3, 0.4) is 0 Å². The van der Waals surface area contributed by atoms with E-state index in [9.17, 15) is 0 Å². The molecule has 0 spiro atoms. The normalized spacial score (nSPS) is 22.9. The Kier molecular flexibility index (Phi) is 5.72. The molecule has 21 heavy (non-hydrogen) atoms. The van der Waals surface area contributed by atoms with E-state index in [1.165, 1.54) is 56.2 Å². The zero-order valence-electron chi connectivity index (χ0n) is 14.4. The molecule has 0 saturated heterocycles. The third-order valence-corrected chi connectivity index (χ3v) is 5.04. The van der Waals surface area contributed by atoms with Gasteiger partial charge in [-0.25, -0.2) is 0 Å². The van der Waals surface area contributed by atoms with E-state index in [0.717, 1.165) is 18.2 Å². The van der Waals surface area contributed by atoms with Crippen LogP contribution in [0.5, 0.6) is 0 Å². The van der Waals surface area contributed by atoms with Gasteiger partial charge < -0.3 is 5.73 Å². The van der Waals surface area contributed by atoms with Crippen molar-refractivity contribution in [3.8, 4) is 0 Å². The Morgan fingerprint density at radius 3 is 2.48 bits per heavy atom. The molecule has 1 saturated carbocycles. The summed E-state index contributed by atoms with van der Waals surface area (Å²) in [6, 6.07) is 0. The first-order valence-corrected chi connectivity index (χ1v) is 8.84. The van der Waals surface area contributed by atoms with Crippen LogP contribution in [0.1, 0.15) is 82.9 Å². The number of anilines is 1. The van der Waals surface area contributed by atoms with E-state index < -0.39 is 0 Å². The largest absolute Gasteiger partial charge is 0.384 e. The summed E-state index contributed by atoms with van der Waals surface area (Å²) in [6.07, 6.45) is 10.6. The number of aromatic nitrogens is 2. The highest BCUT2D eigenvalue weighted by Crippen LogP contribution is 2.39. The molecule has 0 unspecified atom stereocenters. The molecule has 2 rings (SSSR count). The van der Waals surface area contributed by atoms with Gasteiger partial charge >= 0.3 is 0 Å². The van der Waals surface area contributed by atoms with Crippen molar-refractivity contribution in [2.45, 2.75) is 78.1 Å². The first kappa shape index (κ1) is 16.4. The predicted octanol–water partition coefficient (Wildman–Crippen LogP) is 4.66. The molecule has 2 N–H and O–H groups in total. The third-order valence-electron chi connectivity index (χ3n) is 5.04. The van der Waals surface area contributed by atoms with Gasteiger partial charge in [0.25, 0.3) is 0 Å². The molecule has 1 heterocycles. The summed E-state index contributed by atoms with van der Waals surface area (Å²) in [7, 11) is 1.98. The van der Waals surface area contributed by atoms with Crippen molar-refractivity contribution in [1.29, 1.82) is 0 Å². The third kappa shape index (κ3) is 4.02. The fourth-order valence-electron chi connectivity index (χ4n) is 3.77. The van der Waals surface area contributed by atoms with Crippen LogP contribution in [0.2, 0.25) is 0 Å². The Balaban J connectivity index is 2.04. The van der Waals surface area contributed by atoms with Crippen molar-refractivity contribution >= 4 is 5.82 Å². The first-order valence-electron chi connectivity index (χ1n) is 8.84. The molecular formula is C18H33N3. The Bertz CT molecular complexity index is 440. The molecule has 1 aromatic heterocycles. The minimum absolute atomic E-state index is 0.635. The Labute approximate surface area is 130 Å². The summed E-state index contributed by atoms with van der Waals surface area (Å²) in [5.41, 5.74) is 8.88. The summed E-state index contributed by atoms with van der Waals surface area (Å²) >= 11 is 0. The number of hydrogen-bond donors (Lipinski definition) is 1. The molecule has 0 amide bonds. The number of nitrogens with zero attached hydrogens (tertiary/aromatic N) is 2. The van der Waals surface area contributed by atoms with Gasteiger partial charge in [0.2, 0.25) is 0 Å². The average molecular weight is 291 g/mol. The summed E-state index contributed by atoms with van der Waals surface area (Å²) in [4.78, 5) is 0. The standard InChI is InChI=1S/C18H33N3/c1-5-6-7-14-8-10-15(11-9-14)17-16(12-13(2)3)18(19)21(4)20-17/h13-15H,5-12,19H2,1-4H3. The highest BCUT2D eigenvalue weighted by atomic mass is 15.3. The van der Waals surface area contributed by atoms with Gasteiger partial charge in [-0.1, -0.05) is 40.0 Å². The molecule has 3 heteroatoms. The summed E-state index contributed by atoms with van der Waals surface area (Å²) < 4.78 is 1.89. The lowest BCUT2D eigenvalue weighted by molar-refractivity contribution is 0.300.